The van der Waals surface area contributed by atoms with Gasteiger partial charge < -0.3 is 30.3 Å². The zero-order valence-electron chi connectivity index (χ0n) is 14.9. The summed E-state index contributed by atoms with van der Waals surface area (Å²) in [5, 5.41) is 49.6. The van der Waals surface area contributed by atoms with Crippen LogP contribution in [0.5, 0.6) is 0 Å². The third-order valence-corrected chi connectivity index (χ3v) is 5.08. The minimum Gasteiger partial charge on any atom is -0.394 e. The van der Waals surface area contributed by atoms with Crippen LogP contribution in [-0.2, 0) is 4.74 Å². The normalized spacial score (nSPS) is 32.0. The van der Waals surface area contributed by atoms with Gasteiger partial charge in [0.05, 0.1) is 19.3 Å². The molecule has 1 aliphatic heterocycles. The van der Waals surface area contributed by atoms with Crippen LogP contribution >= 0.6 is 0 Å². The molecule has 0 amide bonds. The predicted molar refractivity (Wildman–Crippen MR) is 91.6 cm³/mol. The molecule has 6 heteroatoms. The van der Waals surface area contributed by atoms with Crippen LogP contribution in [0, 0.1) is 0 Å². The van der Waals surface area contributed by atoms with Gasteiger partial charge in [0.1, 0.15) is 23.9 Å². The van der Waals surface area contributed by atoms with Crippen molar-refractivity contribution >= 4 is 0 Å². The van der Waals surface area contributed by atoms with E-state index in [-0.39, 0.29) is 6.61 Å². The summed E-state index contributed by atoms with van der Waals surface area (Å²) in [6.07, 6.45) is 5.72. The van der Waals surface area contributed by atoms with Crippen molar-refractivity contribution in [3.05, 3.63) is 0 Å². The Morgan fingerprint density at radius 2 is 1.54 bits per heavy atom. The molecule has 0 bridgehead atoms. The molecular formula is C18H36O6. The van der Waals surface area contributed by atoms with Crippen LogP contribution in [0.15, 0.2) is 0 Å². The van der Waals surface area contributed by atoms with E-state index in [9.17, 15) is 20.4 Å². The molecule has 0 saturated carbocycles. The van der Waals surface area contributed by atoms with E-state index in [1.165, 1.54) is 38.5 Å². The molecule has 144 valence electrons. The van der Waals surface area contributed by atoms with Crippen LogP contribution < -0.4 is 0 Å². The summed E-state index contributed by atoms with van der Waals surface area (Å²) in [6, 6.07) is 0. The lowest BCUT2D eigenvalue weighted by atomic mass is 9.81. The quantitative estimate of drug-likeness (QED) is 0.338. The molecule has 5 N–H and O–H groups in total. The molecule has 24 heavy (non-hydrogen) atoms. The van der Waals surface area contributed by atoms with Gasteiger partial charge in [-0.1, -0.05) is 64.7 Å². The number of unbranched alkanes of at least 4 members (excludes halogenated alkanes) is 8. The monoisotopic (exact) mass is 348 g/mol. The largest absolute Gasteiger partial charge is 0.394 e. The first-order valence-electron chi connectivity index (χ1n) is 9.46. The van der Waals surface area contributed by atoms with E-state index in [1.807, 2.05) is 0 Å². The molecule has 0 radical (unpaired) electrons. The summed E-state index contributed by atoms with van der Waals surface area (Å²) in [6.45, 7) is 1.47. The van der Waals surface area contributed by atoms with Crippen LogP contribution in [0.2, 0.25) is 0 Å². The van der Waals surface area contributed by atoms with Gasteiger partial charge in [-0.15, -0.1) is 0 Å². The first kappa shape index (κ1) is 21.8. The fourth-order valence-corrected chi connectivity index (χ4v) is 3.28. The van der Waals surface area contributed by atoms with Crippen LogP contribution in [-0.4, -0.2) is 68.8 Å². The Labute approximate surface area is 145 Å². The van der Waals surface area contributed by atoms with Crippen LogP contribution in [0.1, 0.15) is 71.1 Å². The lowest BCUT2D eigenvalue weighted by Gasteiger charge is -2.45. The van der Waals surface area contributed by atoms with Crippen molar-refractivity contribution in [2.24, 2.45) is 0 Å². The molecule has 0 aromatic rings. The number of aliphatic hydroxyl groups is 5. The van der Waals surface area contributed by atoms with Crippen molar-refractivity contribution in [1.29, 1.82) is 0 Å². The molecule has 0 spiro atoms. The Hall–Kier alpha value is -0.240. The van der Waals surface area contributed by atoms with E-state index in [4.69, 9.17) is 9.84 Å². The maximum Gasteiger partial charge on any atom is 0.142 e. The summed E-state index contributed by atoms with van der Waals surface area (Å²) in [5.41, 5.74) is -1.88. The van der Waals surface area contributed by atoms with Crippen molar-refractivity contribution in [2.45, 2.75) is 101 Å². The van der Waals surface area contributed by atoms with Crippen molar-refractivity contribution in [1.82, 2.24) is 0 Å². The molecule has 0 aromatic heterocycles. The molecule has 1 rings (SSSR count). The number of aliphatic hydroxyl groups excluding tert-OH is 4. The topological polar surface area (TPSA) is 110 Å². The third-order valence-electron chi connectivity index (χ3n) is 5.08. The van der Waals surface area contributed by atoms with Gasteiger partial charge in [-0.25, -0.2) is 0 Å². The van der Waals surface area contributed by atoms with E-state index in [1.54, 1.807) is 0 Å². The van der Waals surface area contributed by atoms with E-state index in [0.29, 0.717) is 6.42 Å². The highest BCUT2D eigenvalue weighted by molar-refractivity contribution is 5.01. The Balaban J connectivity index is 2.21. The maximum atomic E-state index is 10.4. The molecule has 1 aliphatic rings. The van der Waals surface area contributed by atoms with Crippen molar-refractivity contribution in [3.63, 3.8) is 0 Å². The fraction of sp³-hybridized carbons (Fsp3) is 1.00. The number of hydrogen-bond donors (Lipinski definition) is 5. The molecule has 1 fully saturated rings. The van der Waals surface area contributed by atoms with E-state index >= 15 is 0 Å². The molecule has 0 aliphatic carbocycles. The molecule has 1 heterocycles. The first-order chi connectivity index (χ1) is 11.5. The predicted octanol–water partition coefficient (Wildman–Crippen LogP) is 1.11. The summed E-state index contributed by atoms with van der Waals surface area (Å²) in [4.78, 5) is 0. The van der Waals surface area contributed by atoms with Gasteiger partial charge >= 0.3 is 0 Å². The minimum absolute atomic E-state index is 0.297. The second-order valence-corrected chi connectivity index (χ2v) is 7.09. The average molecular weight is 348 g/mol. The Morgan fingerprint density at radius 3 is 2.08 bits per heavy atom. The first-order valence-corrected chi connectivity index (χ1v) is 9.46. The molecule has 5 atom stereocenters. The van der Waals surface area contributed by atoms with Crippen LogP contribution in [0.3, 0.4) is 0 Å². The Kier molecular flexibility index (Phi) is 10.3. The average Bonchev–Trinajstić information content (AvgIpc) is 2.58. The van der Waals surface area contributed by atoms with Crippen molar-refractivity contribution in [2.75, 3.05) is 13.2 Å². The van der Waals surface area contributed by atoms with Gasteiger partial charge in [0.25, 0.3) is 0 Å². The van der Waals surface area contributed by atoms with E-state index in [2.05, 4.69) is 6.92 Å². The highest BCUT2D eigenvalue weighted by Crippen LogP contribution is 2.29. The van der Waals surface area contributed by atoms with Crippen molar-refractivity contribution in [3.8, 4) is 0 Å². The number of hydrogen-bond acceptors (Lipinski definition) is 6. The SMILES string of the molecule is CCCCCCCCCCCC(O)[C@@]1(O)CO[C@H](CO)[C@H](O)[C@@H]1O. The Bertz CT molecular complexity index is 327. The fourth-order valence-electron chi connectivity index (χ4n) is 3.28. The van der Waals surface area contributed by atoms with Gasteiger partial charge in [-0.2, -0.15) is 0 Å². The number of ether oxygens (including phenoxy) is 1. The van der Waals surface area contributed by atoms with Crippen LogP contribution in [0.4, 0.5) is 0 Å². The molecule has 0 aromatic carbocycles. The smallest absolute Gasteiger partial charge is 0.142 e. The minimum atomic E-state index is -1.88. The molecule has 6 nitrogen and oxygen atoms in total. The maximum absolute atomic E-state index is 10.4. The Morgan fingerprint density at radius 1 is 1.00 bits per heavy atom. The molecule has 1 saturated heterocycles. The zero-order valence-corrected chi connectivity index (χ0v) is 14.9. The highest BCUT2D eigenvalue weighted by Gasteiger charge is 2.52. The standard InChI is InChI=1S/C18H36O6/c1-2-3-4-5-6-7-8-9-10-11-15(20)18(23)13-24-14(12-19)16(21)17(18)22/h14-17,19-23H,2-13H2,1H3/t14-,15?,16+,17+,18+/m1/s1. The summed E-state index contributed by atoms with van der Waals surface area (Å²) in [5.74, 6) is 0. The van der Waals surface area contributed by atoms with E-state index < -0.39 is 36.6 Å². The third kappa shape index (κ3) is 6.24. The second-order valence-electron chi connectivity index (χ2n) is 7.09. The molecule has 1 unspecified atom stereocenters. The summed E-state index contributed by atoms with van der Waals surface area (Å²) < 4.78 is 5.17. The van der Waals surface area contributed by atoms with Crippen LogP contribution in [0.25, 0.3) is 0 Å². The lowest BCUT2D eigenvalue weighted by Crippen LogP contribution is -2.66. The molecular weight excluding hydrogens is 312 g/mol. The highest BCUT2D eigenvalue weighted by atomic mass is 16.5. The van der Waals surface area contributed by atoms with Gasteiger partial charge in [-0.05, 0) is 6.42 Å². The summed E-state index contributed by atoms with van der Waals surface area (Å²) >= 11 is 0. The van der Waals surface area contributed by atoms with Crippen molar-refractivity contribution < 1.29 is 30.3 Å². The van der Waals surface area contributed by atoms with E-state index in [0.717, 1.165) is 19.3 Å². The lowest BCUT2D eigenvalue weighted by molar-refractivity contribution is -0.267. The zero-order chi connectivity index (χ0) is 18.0. The van der Waals surface area contributed by atoms with Gasteiger partial charge in [0.2, 0.25) is 0 Å². The van der Waals surface area contributed by atoms with Gasteiger partial charge in [0, 0.05) is 0 Å². The summed E-state index contributed by atoms with van der Waals surface area (Å²) in [7, 11) is 0. The van der Waals surface area contributed by atoms with Gasteiger partial charge in [0.15, 0.2) is 0 Å². The second kappa shape index (κ2) is 11.4. The number of rotatable bonds is 12. The van der Waals surface area contributed by atoms with Gasteiger partial charge in [-0.3, -0.25) is 0 Å².